The lowest BCUT2D eigenvalue weighted by Gasteiger charge is -2.23. The molecule has 0 fully saturated rings. The number of nitrogens with one attached hydrogen (secondary N) is 1. The van der Waals surface area contributed by atoms with E-state index >= 15 is 0 Å². The zero-order chi connectivity index (χ0) is 31.2. The van der Waals surface area contributed by atoms with Gasteiger partial charge in [0.15, 0.2) is 0 Å². The quantitative estimate of drug-likeness (QED) is 0.149. The number of hydrogen-bond acceptors (Lipinski definition) is 3. The molecular formula is C31H28F6N4O2. The standard InChI is InChI=1S/C31H28F6N4O2/c1-2-3-10-15-40(29(43)22-16-23(30(32,33)34)18-24(17-22)31(35,36)37)20-28(42)38-27-19-26(21-11-6-4-7-12-21)39-41(27)25-13-8-5-9-14-25/h4-9,11-14,16-19H,2-3,10,15,20H2,1H3,(H,38,42). The molecule has 2 amide bonds. The van der Waals surface area contributed by atoms with Crippen LogP contribution in [0.5, 0.6) is 0 Å². The molecule has 0 saturated heterocycles. The predicted octanol–water partition coefficient (Wildman–Crippen LogP) is 7.85. The van der Waals surface area contributed by atoms with Gasteiger partial charge in [0.25, 0.3) is 5.91 Å². The molecule has 226 valence electrons. The van der Waals surface area contributed by atoms with Gasteiger partial charge < -0.3 is 10.2 Å². The summed E-state index contributed by atoms with van der Waals surface area (Å²) in [6.07, 6.45) is -8.49. The van der Waals surface area contributed by atoms with Crippen molar-refractivity contribution in [1.82, 2.24) is 14.7 Å². The van der Waals surface area contributed by atoms with Gasteiger partial charge in [-0.05, 0) is 36.8 Å². The van der Waals surface area contributed by atoms with Gasteiger partial charge in [-0.2, -0.15) is 31.4 Å². The second-order valence-corrected chi connectivity index (χ2v) is 9.80. The molecule has 1 heterocycles. The molecule has 0 spiro atoms. The summed E-state index contributed by atoms with van der Waals surface area (Å²) in [5.41, 5.74) is -2.09. The van der Waals surface area contributed by atoms with Crippen molar-refractivity contribution in [2.75, 3.05) is 18.4 Å². The highest BCUT2D eigenvalue weighted by Gasteiger charge is 2.38. The fourth-order valence-corrected chi connectivity index (χ4v) is 4.41. The number of unbranched alkanes of at least 4 members (excludes halogenated alkanes) is 2. The minimum Gasteiger partial charge on any atom is -0.329 e. The number of nitrogens with zero attached hydrogens (tertiary/aromatic N) is 3. The summed E-state index contributed by atoms with van der Waals surface area (Å²) in [4.78, 5) is 27.6. The van der Waals surface area contributed by atoms with E-state index in [1.807, 2.05) is 37.3 Å². The summed E-state index contributed by atoms with van der Waals surface area (Å²) >= 11 is 0. The number of carbonyl (C=O) groups excluding carboxylic acids is 2. The van der Waals surface area contributed by atoms with E-state index in [-0.39, 0.29) is 18.4 Å². The second kappa shape index (κ2) is 13.1. The van der Waals surface area contributed by atoms with Crippen LogP contribution in [0.4, 0.5) is 32.2 Å². The fraction of sp³-hybridized carbons (Fsp3) is 0.258. The Morgan fingerprint density at radius 3 is 1.95 bits per heavy atom. The van der Waals surface area contributed by atoms with Crippen molar-refractivity contribution in [3.05, 3.63) is 102 Å². The normalized spacial score (nSPS) is 11.8. The van der Waals surface area contributed by atoms with Crippen molar-refractivity contribution in [1.29, 1.82) is 0 Å². The maximum absolute atomic E-state index is 13.4. The number of hydrogen-bond donors (Lipinski definition) is 1. The number of amides is 2. The lowest BCUT2D eigenvalue weighted by atomic mass is 10.0. The molecule has 0 atom stereocenters. The molecule has 12 heteroatoms. The summed E-state index contributed by atoms with van der Waals surface area (Å²) in [5, 5.41) is 7.31. The third-order valence-corrected chi connectivity index (χ3v) is 6.54. The average Bonchev–Trinajstić information content (AvgIpc) is 3.39. The molecule has 0 aliphatic carbocycles. The summed E-state index contributed by atoms with van der Waals surface area (Å²) in [7, 11) is 0. The average molecular weight is 603 g/mol. The van der Waals surface area contributed by atoms with Crippen LogP contribution in [-0.2, 0) is 17.1 Å². The number of alkyl halides is 6. The van der Waals surface area contributed by atoms with Crippen molar-refractivity contribution >= 4 is 17.6 Å². The highest BCUT2D eigenvalue weighted by atomic mass is 19.4. The molecule has 1 N–H and O–H groups in total. The lowest BCUT2D eigenvalue weighted by molar-refractivity contribution is -0.143. The third kappa shape index (κ3) is 8.02. The maximum Gasteiger partial charge on any atom is 0.416 e. The van der Waals surface area contributed by atoms with Crippen LogP contribution in [-0.4, -0.2) is 39.6 Å². The molecule has 0 saturated carbocycles. The summed E-state index contributed by atoms with van der Waals surface area (Å²) in [5.74, 6) is -1.57. The van der Waals surface area contributed by atoms with E-state index in [1.54, 1.807) is 36.4 Å². The van der Waals surface area contributed by atoms with Gasteiger partial charge in [-0.3, -0.25) is 9.59 Å². The molecule has 0 radical (unpaired) electrons. The molecule has 4 rings (SSSR count). The topological polar surface area (TPSA) is 67.2 Å². The smallest absolute Gasteiger partial charge is 0.329 e. The Kier molecular flexibility index (Phi) is 9.57. The second-order valence-electron chi connectivity index (χ2n) is 9.80. The highest BCUT2D eigenvalue weighted by Crippen LogP contribution is 2.36. The zero-order valence-corrected chi connectivity index (χ0v) is 23.0. The van der Waals surface area contributed by atoms with Gasteiger partial charge in [0.05, 0.1) is 22.5 Å². The summed E-state index contributed by atoms with van der Waals surface area (Å²) < 4.78 is 82.1. The van der Waals surface area contributed by atoms with Crippen LogP contribution in [0.1, 0.15) is 47.7 Å². The molecule has 4 aromatic rings. The SMILES string of the molecule is CCCCCN(CC(=O)Nc1cc(-c2ccccc2)nn1-c1ccccc1)C(=O)c1cc(C(F)(F)F)cc(C(F)(F)F)c1. The molecule has 6 nitrogen and oxygen atoms in total. The Hall–Kier alpha value is -4.61. The predicted molar refractivity (Wildman–Crippen MR) is 150 cm³/mol. The van der Waals surface area contributed by atoms with Crippen LogP contribution in [0.15, 0.2) is 84.9 Å². The van der Waals surface area contributed by atoms with E-state index < -0.39 is 47.4 Å². The van der Waals surface area contributed by atoms with Gasteiger partial charge in [0, 0.05) is 23.7 Å². The number of halogens is 6. The van der Waals surface area contributed by atoms with Crippen molar-refractivity contribution in [3.63, 3.8) is 0 Å². The van der Waals surface area contributed by atoms with Gasteiger partial charge in [0.2, 0.25) is 5.91 Å². The zero-order valence-electron chi connectivity index (χ0n) is 23.0. The first-order valence-electron chi connectivity index (χ1n) is 13.5. The molecular weight excluding hydrogens is 574 g/mol. The van der Waals surface area contributed by atoms with Crippen molar-refractivity contribution in [3.8, 4) is 16.9 Å². The Balaban J connectivity index is 1.65. The first kappa shape index (κ1) is 31.3. The molecule has 0 aliphatic heterocycles. The van der Waals surface area contributed by atoms with Gasteiger partial charge >= 0.3 is 12.4 Å². The van der Waals surface area contributed by atoms with Crippen molar-refractivity contribution in [2.45, 2.75) is 38.5 Å². The maximum atomic E-state index is 13.4. The van der Waals surface area contributed by atoms with Gasteiger partial charge in [0.1, 0.15) is 12.4 Å². The number of rotatable bonds is 10. The van der Waals surface area contributed by atoms with Crippen LogP contribution in [0, 0.1) is 0 Å². The Labute approximate surface area is 243 Å². The van der Waals surface area contributed by atoms with E-state index in [9.17, 15) is 35.9 Å². The molecule has 0 unspecified atom stereocenters. The van der Waals surface area contributed by atoms with E-state index in [1.165, 1.54) is 4.68 Å². The van der Waals surface area contributed by atoms with Crippen LogP contribution >= 0.6 is 0 Å². The van der Waals surface area contributed by atoms with Gasteiger partial charge in [-0.15, -0.1) is 0 Å². The molecule has 43 heavy (non-hydrogen) atoms. The fourth-order valence-electron chi connectivity index (χ4n) is 4.41. The minimum absolute atomic E-state index is 0.0417. The van der Waals surface area contributed by atoms with E-state index in [0.29, 0.717) is 36.4 Å². The summed E-state index contributed by atoms with van der Waals surface area (Å²) in [6.45, 7) is 1.22. The molecule has 0 bridgehead atoms. The molecule has 3 aromatic carbocycles. The van der Waals surface area contributed by atoms with Crippen molar-refractivity contribution < 1.29 is 35.9 Å². The van der Waals surface area contributed by atoms with Crippen LogP contribution < -0.4 is 5.32 Å². The largest absolute Gasteiger partial charge is 0.416 e. The highest BCUT2D eigenvalue weighted by molar-refractivity contribution is 5.99. The van der Waals surface area contributed by atoms with Gasteiger partial charge in [-0.1, -0.05) is 68.3 Å². The minimum atomic E-state index is -5.12. The van der Waals surface area contributed by atoms with Crippen molar-refractivity contribution in [2.24, 2.45) is 0 Å². The number of carbonyl (C=O) groups is 2. The van der Waals surface area contributed by atoms with E-state index in [2.05, 4.69) is 10.4 Å². The monoisotopic (exact) mass is 602 g/mol. The Morgan fingerprint density at radius 2 is 1.40 bits per heavy atom. The van der Waals surface area contributed by atoms with Crippen LogP contribution in [0.25, 0.3) is 16.9 Å². The molecule has 0 aliphatic rings. The van der Waals surface area contributed by atoms with Crippen LogP contribution in [0.2, 0.25) is 0 Å². The third-order valence-electron chi connectivity index (χ3n) is 6.54. The van der Waals surface area contributed by atoms with E-state index in [4.69, 9.17) is 0 Å². The number of anilines is 1. The van der Waals surface area contributed by atoms with E-state index in [0.717, 1.165) is 16.9 Å². The first-order valence-corrected chi connectivity index (χ1v) is 13.5. The van der Waals surface area contributed by atoms with Crippen LogP contribution in [0.3, 0.4) is 0 Å². The Morgan fingerprint density at radius 1 is 0.814 bits per heavy atom. The lowest BCUT2D eigenvalue weighted by Crippen LogP contribution is -2.39. The van der Waals surface area contributed by atoms with Gasteiger partial charge in [-0.25, -0.2) is 4.68 Å². The molecule has 1 aromatic heterocycles. The number of para-hydroxylation sites is 1. The number of aromatic nitrogens is 2. The first-order chi connectivity index (χ1) is 20.4. The Bertz CT molecular complexity index is 1520. The summed E-state index contributed by atoms with van der Waals surface area (Å²) in [6, 6.07) is 20.4. The number of benzene rings is 3.